The number of hydrogen-bond donors (Lipinski definition) is 0. The Morgan fingerprint density at radius 3 is 2.60 bits per heavy atom. The second-order valence-electron chi connectivity index (χ2n) is 4.28. The smallest absolute Gasteiger partial charge is 0.153 e. The second-order valence-corrected chi connectivity index (χ2v) is 6.11. The molecule has 0 amide bonds. The van der Waals surface area contributed by atoms with E-state index >= 15 is 0 Å². The van der Waals surface area contributed by atoms with E-state index < -0.39 is 0 Å². The summed E-state index contributed by atoms with van der Waals surface area (Å²) in [5.74, 6) is 0.132. The number of carbonyl (C=O) groups excluding carboxylic acids is 1. The lowest BCUT2D eigenvalue weighted by molar-refractivity contribution is 0.111. The molecule has 0 aliphatic heterocycles. The first-order valence-electron chi connectivity index (χ1n) is 5.83. The van der Waals surface area contributed by atoms with Crippen molar-refractivity contribution in [3.8, 4) is 5.75 Å². The van der Waals surface area contributed by atoms with Gasteiger partial charge in [-0.2, -0.15) is 0 Å². The Labute approximate surface area is 133 Å². The van der Waals surface area contributed by atoms with Crippen molar-refractivity contribution in [2.24, 2.45) is 0 Å². The van der Waals surface area contributed by atoms with Gasteiger partial charge in [-0.3, -0.25) is 4.79 Å². The first-order valence-corrected chi connectivity index (χ1v) is 7.42. The zero-order valence-corrected chi connectivity index (χ0v) is 13.8. The zero-order chi connectivity index (χ0) is 14.7. The van der Waals surface area contributed by atoms with Crippen LogP contribution in [0.4, 0.5) is 4.39 Å². The highest BCUT2D eigenvalue weighted by molar-refractivity contribution is 9.10. The topological polar surface area (TPSA) is 26.3 Å². The van der Waals surface area contributed by atoms with Crippen LogP contribution in [-0.4, -0.2) is 6.29 Å². The predicted molar refractivity (Wildman–Crippen MR) is 82.7 cm³/mol. The summed E-state index contributed by atoms with van der Waals surface area (Å²) in [4.78, 5) is 11.1. The number of aldehydes is 1. The minimum absolute atomic E-state index is 0.0719. The molecule has 0 bridgehead atoms. The van der Waals surface area contributed by atoms with Crippen molar-refractivity contribution < 1.29 is 13.9 Å². The normalized spacial score (nSPS) is 10.4. The molecule has 2 aromatic rings. The number of halogens is 3. The largest absolute Gasteiger partial charge is 0.488 e. The number of rotatable bonds is 4. The molecular weight excluding hydrogens is 391 g/mol. The third kappa shape index (κ3) is 3.46. The maximum atomic E-state index is 13.7. The van der Waals surface area contributed by atoms with Gasteiger partial charge in [0.15, 0.2) is 6.29 Å². The predicted octanol–water partition coefficient (Wildman–Crippen LogP) is 5.05. The van der Waals surface area contributed by atoms with Crippen LogP contribution in [0, 0.1) is 12.7 Å². The highest BCUT2D eigenvalue weighted by Crippen LogP contribution is 2.28. The molecule has 2 rings (SSSR count). The molecule has 0 aromatic heterocycles. The molecule has 5 heteroatoms. The average molecular weight is 402 g/mol. The van der Waals surface area contributed by atoms with Crippen LogP contribution in [0.2, 0.25) is 0 Å². The van der Waals surface area contributed by atoms with E-state index in [1.807, 2.05) is 13.0 Å². The summed E-state index contributed by atoms with van der Waals surface area (Å²) in [5.41, 5.74) is 1.70. The molecule has 104 valence electrons. The first kappa shape index (κ1) is 15.2. The van der Waals surface area contributed by atoms with Gasteiger partial charge < -0.3 is 4.74 Å². The van der Waals surface area contributed by atoms with E-state index in [0.717, 1.165) is 16.3 Å². The first-order chi connectivity index (χ1) is 9.51. The van der Waals surface area contributed by atoms with Gasteiger partial charge in [-0.05, 0) is 36.8 Å². The van der Waals surface area contributed by atoms with Crippen LogP contribution in [0.5, 0.6) is 5.75 Å². The third-order valence-electron chi connectivity index (χ3n) is 2.78. The van der Waals surface area contributed by atoms with E-state index in [-0.39, 0.29) is 12.4 Å². The van der Waals surface area contributed by atoms with Gasteiger partial charge in [-0.15, -0.1) is 0 Å². The summed E-state index contributed by atoms with van der Waals surface area (Å²) in [6.45, 7) is 1.91. The SMILES string of the molecule is Cc1cc(Br)cc(C=O)c1OCc1ccc(Br)cc1F. The summed E-state index contributed by atoms with van der Waals surface area (Å²) in [7, 11) is 0. The Bertz CT molecular complexity index is 657. The fraction of sp³-hybridized carbons (Fsp3) is 0.133. The standard InChI is InChI=1S/C15H11Br2FO2/c1-9-4-13(17)5-11(7-19)15(9)20-8-10-2-3-12(16)6-14(10)18/h2-7H,8H2,1H3. The molecule has 0 fully saturated rings. The van der Waals surface area contributed by atoms with E-state index in [1.54, 1.807) is 18.2 Å². The Hall–Kier alpha value is -1.20. The lowest BCUT2D eigenvalue weighted by atomic mass is 10.1. The molecule has 2 nitrogen and oxygen atoms in total. The van der Waals surface area contributed by atoms with Crippen LogP contribution in [0.3, 0.4) is 0 Å². The molecule has 20 heavy (non-hydrogen) atoms. The average Bonchev–Trinajstić information content (AvgIpc) is 2.38. The number of ether oxygens (including phenoxy) is 1. The van der Waals surface area contributed by atoms with E-state index in [2.05, 4.69) is 31.9 Å². The summed E-state index contributed by atoms with van der Waals surface area (Å²) in [6.07, 6.45) is 0.727. The number of carbonyl (C=O) groups is 1. The van der Waals surface area contributed by atoms with Crippen molar-refractivity contribution >= 4 is 38.1 Å². The van der Waals surface area contributed by atoms with Crippen LogP contribution < -0.4 is 4.74 Å². The van der Waals surface area contributed by atoms with Crippen LogP contribution in [0.1, 0.15) is 21.5 Å². The van der Waals surface area contributed by atoms with Crippen molar-refractivity contribution in [2.45, 2.75) is 13.5 Å². The summed E-state index contributed by atoms with van der Waals surface area (Å²) in [5, 5.41) is 0. The molecule has 0 unspecified atom stereocenters. The maximum absolute atomic E-state index is 13.7. The van der Waals surface area contributed by atoms with Crippen LogP contribution in [0.25, 0.3) is 0 Å². The molecule has 0 saturated heterocycles. The minimum Gasteiger partial charge on any atom is -0.488 e. The maximum Gasteiger partial charge on any atom is 0.153 e. The van der Waals surface area contributed by atoms with E-state index in [4.69, 9.17) is 4.74 Å². The molecule has 0 atom stereocenters. The summed E-state index contributed by atoms with van der Waals surface area (Å²) < 4.78 is 20.8. The Balaban J connectivity index is 2.25. The summed E-state index contributed by atoms with van der Waals surface area (Å²) >= 11 is 6.53. The molecule has 0 radical (unpaired) electrons. The van der Waals surface area contributed by atoms with E-state index in [0.29, 0.717) is 21.3 Å². The van der Waals surface area contributed by atoms with Crippen molar-refractivity contribution in [1.82, 2.24) is 0 Å². The molecule has 2 aromatic carbocycles. The molecular formula is C15H11Br2FO2. The number of hydrogen-bond acceptors (Lipinski definition) is 2. The van der Waals surface area contributed by atoms with Gasteiger partial charge in [0, 0.05) is 14.5 Å². The van der Waals surface area contributed by atoms with E-state index in [9.17, 15) is 9.18 Å². The van der Waals surface area contributed by atoms with Gasteiger partial charge in [-0.1, -0.05) is 37.9 Å². The van der Waals surface area contributed by atoms with Gasteiger partial charge in [0.05, 0.1) is 5.56 Å². The van der Waals surface area contributed by atoms with Crippen LogP contribution in [-0.2, 0) is 6.61 Å². The third-order valence-corrected chi connectivity index (χ3v) is 3.73. The lowest BCUT2D eigenvalue weighted by Gasteiger charge is -2.12. The fourth-order valence-corrected chi connectivity index (χ4v) is 2.75. The highest BCUT2D eigenvalue weighted by atomic mass is 79.9. The Kier molecular flexibility index (Phi) is 4.94. The fourth-order valence-electron chi connectivity index (χ4n) is 1.83. The highest BCUT2D eigenvalue weighted by Gasteiger charge is 2.10. The van der Waals surface area contributed by atoms with Gasteiger partial charge in [0.25, 0.3) is 0 Å². The van der Waals surface area contributed by atoms with Crippen molar-refractivity contribution in [3.63, 3.8) is 0 Å². The van der Waals surface area contributed by atoms with Crippen LogP contribution >= 0.6 is 31.9 Å². The molecule has 0 saturated carbocycles. The van der Waals surface area contributed by atoms with Crippen molar-refractivity contribution in [3.05, 3.63) is 61.8 Å². The number of benzene rings is 2. The monoisotopic (exact) mass is 400 g/mol. The zero-order valence-electron chi connectivity index (χ0n) is 10.6. The van der Waals surface area contributed by atoms with Crippen molar-refractivity contribution in [2.75, 3.05) is 0 Å². The second kappa shape index (κ2) is 6.50. The minimum atomic E-state index is -0.346. The quantitative estimate of drug-likeness (QED) is 0.670. The molecule has 0 heterocycles. The molecule has 0 aliphatic carbocycles. The van der Waals surface area contributed by atoms with Crippen LogP contribution in [0.15, 0.2) is 39.3 Å². The lowest BCUT2D eigenvalue weighted by Crippen LogP contribution is -2.02. The molecule has 0 N–H and O–H groups in total. The van der Waals surface area contributed by atoms with Gasteiger partial charge in [-0.25, -0.2) is 4.39 Å². The van der Waals surface area contributed by atoms with Gasteiger partial charge in [0.2, 0.25) is 0 Å². The molecule has 0 spiro atoms. The summed E-state index contributed by atoms with van der Waals surface area (Å²) in [6, 6.07) is 8.30. The Morgan fingerprint density at radius 2 is 1.95 bits per heavy atom. The Morgan fingerprint density at radius 1 is 1.20 bits per heavy atom. The molecule has 0 aliphatic rings. The van der Waals surface area contributed by atoms with Crippen molar-refractivity contribution in [1.29, 1.82) is 0 Å². The van der Waals surface area contributed by atoms with Gasteiger partial charge >= 0.3 is 0 Å². The number of aryl methyl sites for hydroxylation is 1. The van der Waals surface area contributed by atoms with E-state index in [1.165, 1.54) is 6.07 Å². The van der Waals surface area contributed by atoms with Gasteiger partial charge in [0.1, 0.15) is 18.2 Å².